The summed E-state index contributed by atoms with van der Waals surface area (Å²) in [5, 5.41) is 13.9. The first-order chi connectivity index (χ1) is 10.6. The Morgan fingerprint density at radius 1 is 1.36 bits per heavy atom. The summed E-state index contributed by atoms with van der Waals surface area (Å²) in [6.45, 7) is 1.95. The third-order valence-corrected chi connectivity index (χ3v) is 5.71. The number of halogens is 1. The van der Waals surface area contributed by atoms with Gasteiger partial charge in [-0.3, -0.25) is 0 Å². The Labute approximate surface area is 142 Å². The van der Waals surface area contributed by atoms with Crippen LogP contribution in [-0.4, -0.2) is 25.7 Å². The molecule has 22 heavy (non-hydrogen) atoms. The molecule has 114 valence electrons. The predicted molar refractivity (Wildman–Crippen MR) is 95.0 cm³/mol. The molecule has 0 bridgehead atoms. The highest BCUT2D eigenvalue weighted by Crippen LogP contribution is 2.37. The fourth-order valence-corrected chi connectivity index (χ4v) is 4.05. The van der Waals surface area contributed by atoms with Crippen LogP contribution in [0.15, 0.2) is 46.8 Å². The number of nitrogens with one attached hydrogen (secondary N) is 1. The minimum absolute atomic E-state index is 0.0700. The average molecular weight is 353 g/mol. The van der Waals surface area contributed by atoms with Crippen LogP contribution in [-0.2, 0) is 0 Å². The normalized spacial score (nSPS) is 20.3. The van der Waals surface area contributed by atoms with E-state index in [-0.39, 0.29) is 10.6 Å². The van der Waals surface area contributed by atoms with Gasteiger partial charge >= 0.3 is 0 Å². The average Bonchev–Trinajstić information content (AvgIpc) is 2.90. The minimum atomic E-state index is -0.0700. The van der Waals surface area contributed by atoms with Crippen LogP contribution in [0, 0.1) is 6.92 Å². The fraction of sp³-hybridized carbons (Fsp3) is 0.200. The van der Waals surface area contributed by atoms with Gasteiger partial charge in [-0.25, -0.2) is 9.97 Å². The van der Waals surface area contributed by atoms with Gasteiger partial charge in [-0.2, -0.15) is 0 Å². The second-order valence-electron chi connectivity index (χ2n) is 4.79. The number of thioether (sulfide) groups is 1. The third kappa shape index (κ3) is 3.63. The number of allylic oxidation sites excluding steroid dienone is 3. The molecule has 0 aromatic carbocycles. The van der Waals surface area contributed by atoms with Gasteiger partial charge < -0.3 is 10.4 Å². The van der Waals surface area contributed by atoms with E-state index >= 15 is 0 Å². The number of hydrogen-bond acceptors (Lipinski definition) is 5. The van der Waals surface area contributed by atoms with Gasteiger partial charge in [0.2, 0.25) is 0 Å². The number of aromatic nitrogens is 2. The third-order valence-electron chi connectivity index (χ3n) is 2.98. The molecule has 0 spiro atoms. The van der Waals surface area contributed by atoms with Crippen LogP contribution < -0.4 is 5.32 Å². The van der Waals surface area contributed by atoms with Crippen molar-refractivity contribution in [2.75, 3.05) is 5.32 Å². The molecule has 0 amide bonds. The van der Waals surface area contributed by atoms with E-state index in [1.807, 2.05) is 30.5 Å². The van der Waals surface area contributed by atoms with E-state index in [9.17, 15) is 0 Å². The molecule has 2 atom stereocenters. The van der Waals surface area contributed by atoms with E-state index in [0.29, 0.717) is 11.6 Å². The lowest BCUT2D eigenvalue weighted by Crippen LogP contribution is -2.14. The van der Waals surface area contributed by atoms with E-state index in [0.717, 1.165) is 15.7 Å². The second kappa shape index (κ2) is 6.73. The summed E-state index contributed by atoms with van der Waals surface area (Å²) in [7, 11) is 0. The lowest BCUT2D eigenvalue weighted by molar-refractivity contribution is 0.471. The maximum atomic E-state index is 7.80. The molecular weight excluding hydrogens is 338 g/mol. The first-order valence-corrected chi connectivity index (χ1v) is 8.88. The maximum absolute atomic E-state index is 7.80. The van der Waals surface area contributed by atoms with Crippen molar-refractivity contribution in [3.63, 3.8) is 0 Å². The smallest absolute Gasteiger partial charge is 0.273 e. The van der Waals surface area contributed by atoms with Crippen LogP contribution in [0.5, 0.6) is 5.75 Å². The molecule has 1 aliphatic carbocycles. The molecule has 0 fully saturated rings. The minimum Gasteiger partial charge on any atom is -0.592 e. The Kier molecular flexibility index (Phi) is 4.71. The highest BCUT2D eigenvalue weighted by molar-refractivity contribution is 8.00. The molecule has 2 unspecified atom stereocenters. The summed E-state index contributed by atoms with van der Waals surface area (Å²) in [6, 6.07) is 1.80. The largest absolute Gasteiger partial charge is 0.592 e. The summed E-state index contributed by atoms with van der Waals surface area (Å²) in [5.74, 6) is 1.09. The summed E-state index contributed by atoms with van der Waals surface area (Å²) < 4.78 is 0. The number of alkyl halides is 1. The van der Waals surface area contributed by atoms with Gasteiger partial charge in [-0.05, 0) is 6.92 Å². The van der Waals surface area contributed by atoms with Gasteiger partial charge in [0, 0.05) is 10.6 Å². The Hall–Kier alpha value is -1.50. The Morgan fingerprint density at radius 3 is 2.91 bits per heavy atom. The van der Waals surface area contributed by atoms with Crippen molar-refractivity contribution in [1.29, 1.82) is 0 Å². The predicted octanol–water partition coefficient (Wildman–Crippen LogP) is 4.22. The number of rotatable bonds is 4. The van der Waals surface area contributed by atoms with Crippen molar-refractivity contribution in [2.24, 2.45) is 0 Å². The van der Waals surface area contributed by atoms with Crippen LogP contribution in [0.1, 0.15) is 5.69 Å². The van der Waals surface area contributed by atoms with Gasteiger partial charge in [0.15, 0.2) is 5.13 Å². The molecule has 0 aliphatic heterocycles. The molecule has 0 radical (unpaired) electrons. The molecular formula is C15H15ClN3OS2+. The van der Waals surface area contributed by atoms with Crippen molar-refractivity contribution in [3.05, 3.63) is 47.6 Å². The van der Waals surface area contributed by atoms with Crippen LogP contribution in [0.4, 0.5) is 10.9 Å². The van der Waals surface area contributed by atoms with E-state index in [1.54, 1.807) is 17.8 Å². The fourth-order valence-electron chi connectivity index (χ4n) is 1.95. The zero-order valence-electron chi connectivity index (χ0n) is 11.8. The standard InChI is InChI=1S/C15H14ClN3OS2/c1-9-8-21-15(18-9)19-14-13(6-10(20)7-17-14)22-12-5-3-2-4-11(12)16/h2-8,11-12,20H,1H3,(H,17,18,19)/p+1. The zero-order valence-corrected chi connectivity index (χ0v) is 14.2. The molecule has 2 aromatic rings. The number of anilines is 2. The SMILES string of the molecule is Cc1csc(Nc2ncc([OH2+])cc2SC2C=CC=CC2Cl)n1. The maximum Gasteiger partial charge on any atom is 0.273 e. The number of thiazole rings is 1. The highest BCUT2D eigenvalue weighted by Gasteiger charge is 2.20. The van der Waals surface area contributed by atoms with Crippen molar-refractivity contribution >= 4 is 45.6 Å². The molecule has 3 rings (SSSR count). The van der Waals surface area contributed by atoms with E-state index in [1.165, 1.54) is 17.5 Å². The quantitative estimate of drug-likeness (QED) is 0.661. The zero-order chi connectivity index (χ0) is 15.5. The second-order valence-corrected chi connectivity index (χ2v) is 7.37. The number of pyridine rings is 1. The molecule has 1 aliphatic rings. The monoisotopic (exact) mass is 352 g/mol. The van der Waals surface area contributed by atoms with Gasteiger partial charge in [0.05, 0.1) is 22.0 Å². The first-order valence-electron chi connectivity index (χ1n) is 6.68. The molecule has 2 aromatic heterocycles. The summed E-state index contributed by atoms with van der Waals surface area (Å²) in [5.41, 5.74) is 0.972. The molecule has 3 N–H and O–H groups in total. The highest BCUT2D eigenvalue weighted by atomic mass is 35.5. The number of aryl methyl sites for hydroxylation is 1. The van der Waals surface area contributed by atoms with Crippen molar-refractivity contribution in [2.45, 2.75) is 22.4 Å². The topological polar surface area (TPSA) is 60.7 Å². The molecule has 7 heteroatoms. The molecule has 2 heterocycles. The van der Waals surface area contributed by atoms with Gasteiger partial charge in [0.25, 0.3) is 5.75 Å². The first kappa shape index (κ1) is 15.4. The van der Waals surface area contributed by atoms with Crippen LogP contribution in [0.25, 0.3) is 0 Å². The molecule has 4 nitrogen and oxygen atoms in total. The summed E-state index contributed by atoms with van der Waals surface area (Å²) >= 11 is 9.47. The van der Waals surface area contributed by atoms with Gasteiger partial charge in [0.1, 0.15) is 12.0 Å². The van der Waals surface area contributed by atoms with Gasteiger partial charge in [-0.1, -0.05) is 24.3 Å². The van der Waals surface area contributed by atoms with E-state index < -0.39 is 0 Å². The van der Waals surface area contributed by atoms with Crippen LogP contribution >= 0.6 is 34.7 Å². The van der Waals surface area contributed by atoms with Crippen LogP contribution in [0.3, 0.4) is 0 Å². The molecule has 0 saturated heterocycles. The Morgan fingerprint density at radius 2 is 2.18 bits per heavy atom. The van der Waals surface area contributed by atoms with E-state index in [4.69, 9.17) is 16.7 Å². The van der Waals surface area contributed by atoms with Gasteiger partial charge in [-0.15, -0.1) is 34.7 Å². The lowest BCUT2D eigenvalue weighted by Gasteiger charge is -2.19. The lowest BCUT2D eigenvalue weighted by atomic mass is 10.2. The number of nitrogens with zero attached hydrogens (tertiary/aromatic N) is 2. The number of hydrogen-bond donors (Lipinski definition) is 1. The van der Waals surface area contributed by atoms with Crippen molar-refractivity contribution < 1.29 is 5.11 Å². The Balaban J connectivity index is 1.84. The van der Waals surface area contributed by atoms with Crippen molar-refractivity contribution in [3.8, 4) is 5.75 Å². The summed E-state index contributed by atoms with van der Waals surface area (Å²) in [4.78, 5) is 9.63. The van der Waals surface area contributed by atoms with E-state index in [2.05, 4.69) is 21.4 Å². The van der Waals surface area contributed by atoms with Crippen molar-refractivity contribution in [1.82, 2.24) is 9.97 Å². The summed E-state index contributed by atoms with van der Waals surface area (Å²) in [6.07, 6.45) is 9.50. The molecule has 0 saturated carbocycles. The Bertz CT molecular complexity index is 729. The van der Waals surface area contributed by atoms with Crippen LogP contribution in [0.2, 0.25) is 0 Å².